The number of hydrogen-bond donors (Lipinski definition) is 0. The van der Waals surface area contributed by atoms with E-state index in [4.69, 9.17) is 56.8 Å². The minimum absolute atomic E-state index is 0.00988. The van der Waals surface area contributed by atoms with Gasteiger partial charge in [0.1, 0.15) is 24.4 Å². The van der Waals surface area contributed by atoms with E-state index in [-0.39, 0.29) is 159 Å². The molecule has 0 aliphatic heterocycles. The smallest absolute Gasteiger partial charge is 0.311 e. The molecule has 0 aromatic carbocycles. The summed E-state index contributed by atoms with van der Waals surface area (Å²) in [5.74, 6) is 0.160. The van der Waals surface area contributed by atoms with Crippen molar-refractivity contribution in [2.24, 2.45) is 93.7 Å². The van der Waals surface area contributed by atoms with Crippen LogP contribution in [-0.4, -0.2) is 127 Å². The highest BCUT2D eigenvalue weighted by molar-refractivity contribution is 5.78. The van der Waals surface area contributed by atoms with Gasteiger partial charge in [0.2, 0.25) is 0 Å². The molecule has 8 saturated carbocycles. The molecule has 20 nitrogen and oxygen atoms in total. The van der Waals surface area contributed by atoms with E-state index in [0.29, 0.717) is 36.9 Å². The molecule has 0 aromatic rings. The normalized spacial score (nSPS) is 31.6. The minimum atomic E-state index is -0.465. The monoisotopic (exact) mass is 1190 g/mol. The fraction of sp³-hybridized carbons (Fsp3) is 0.875. The molecule has 18 unspecified atom stereocenters. The maximum atomic E-state index is 12.3. The van der Waals surface area contributed by atoms with Gasteiger partial charge in [0.25, 0.3) is 0 Å². The molecule has 8 bridgehead atoms. The number of ether oxygens (including phenoxy) is 12. The largest absolute Gasteiger partial charge is 0.462 e. The van der Waals surface area contributed by atoms with Crippen LogP contribution in [-0.2, 0) is 95.2 Å². The van der Waals surface area contributed by atoms with Crippen molar-refractivity contribution in [3.8, 4) is 0 Å². The second kappa shape index (κ2) is 33.1. The van der Waals surface area contributed by atoms with Gasteiger partial charge < -0.3 is 56.8 Å². The van der Waals surface area contributed by atoms with E-state index in [0.717, 1.165) is 103 Å². The summed E-state index contributed by atoms with van der Waals surface area (Å²) in [7, 11) is 2.98. The summed E-state index contributed by atoms with van der Waals surface area (Å²) in [5, 5.41) is 0. The first-order chi connectivity index (χ1) is 39.9. The highest BCUT2D eigenvalue weighted by Gasteiger charge is 2.55. The Hall–Kier alpha value is -4.40. The lowest BCUT2D eigenvalue weighted by Gasteiger charge is -2.31. The summed E-state index contributed by atoms with van der Waals surface area (Å²) in [6, 6.07) is 0. The third-order valence-corrected chi connectivity index (χ3v) is 19.8. The van der Waals surface area contributed by atoms with Crippen LogP contribution in [0.3, 0.4) is 0 Å². The first-order valence-corrected chi connectivity index (χ1v) is 31.5. The minimum Gasteiger partial charge on any atom is -0.462 e. The lowest BCUT2D eigenvalue weighted by atomic mass is 9.86. The van der Waals surface area contributed by atoms with Crippen molar-refractivity contribution in [2.45, 2.75) is 210 Å². The van der Waals surface area contributed by atoms with Gasteiger partial charge in [-0.05, 0) is 168 Å². The Labute approximate surface area is 499 Å². The van der Waals surface area contributed by atoms with Crippen molar-refractivity contribution in [2.75, 3.05) is 54.6 Å². The predicted molar refractivity (Wildman–Crippen MR) is 305 cm³/mol. The van der Waals surface area contributed by atoms with Gasteiger partial charge in [0.05, 0.1) is 46.3 Å². The molecular formula is C64H104O20. The number of methoxy groups -OCH3 is 2. The second-order valence-electron chi connectivity index (χ2n) is 26.2. The fourth-order valence-electron chi connectivity index (χ4n) is 13.5. The van der Waals surface area contributed by atoms with Crippen LogP contribution in [0.15, 0.2) is 0 Å². The number of carbonyl (C=O) groups is 8. The molecule has 0 heterocycles. The molecule has 8 aliphatic rings. The van der Waals surface area contributed by atoms with Gasteiger partial charge in [0.15, 0.2) is 27.2 Å². The van der Waals surface area contributed by atoms with Gasteiger partial charge in [0, 0.05) is 51.1 Å². The van der Waals surface area contributed by atoms with E-state index in [2.05, 4.69) is 0 Å². The summed E-state index contributed by atoms with van der Waals surface area (Å²) >= 11 is 0. The molecule has 8 rings (SSSR count). The average molecular weight is 1190 g/mol. The third kappa shape index (κ3) is 18.8. The molecule has 0 radical (unpaired) electrons. The zero-order chi connectivity index (χ0) is 62.1. The van der Waals surface area contributed by atoms with Gasteiger partial charge in [-0.15, -0.1) is 0 Å². The molecule has 480 valence electrons. The number of esters is 8. The summed E-state index contributed by atoms with van der Waals surface area (Å²) in [4.78, 5) is 96.6. The molecule has 0 saturated heterocycles. The molecule has 0 aromatic heterocycles. The average Bonchev–Trinajstić information content (AvgIpc) is 4.32. The Balaban J connectivity index is 0.000000205. The Morgan fingerprint density at radius 3 is 0.869 bits per heavy atom. The Morgan fingerprint density at radius 1 is 0.381 bits per heavy atom. The number of fused-ring (bicyclic) bond motifs is 8. The van der Waals surface area contributed by atoms with E-state index in [1.165, 1.54) is 14.2 Å². The zero-order valence-corrected chi connectivity index (χ0v) is 53.1. The van der Waals surface area contributed by atoms with E-state index in [1.807, 2.05) is 83.1 Å². The number of hydrogen-bond acceptors (Lipinski definition) is 20. The van der Waals surface area contributed by atoms with Gasteiger partial charge in [-0.2, -0.15) is 0 Å². The quantitative estimate of drug-likeness (QED) is 0.0338. The highest BCUT2D eigenvalue weighted by Crippen LogP contribution is 2.54. The van der Waals surface area contributed by atoms with Gasteiger partial charge in [-0.1, -0.05) is 41.5 Å². The van der Waals surface area contributed by atoms with Crippen LogP contribution in [0.2, 0.25) is 0 Å². The third-order valence-electron chi connectivity index (χ3n) is 19.8. The van der Waals surface area contributed by atoms with Crippen LogP contribution < -0.4 is 0 Å². The predicted octanol–water partition coefficient (Wildman–Crippen LogP) is 10.1. The summed E-state index contributed by atoms with van der Waals surface area (Å²) in [6.07, 6.45) is 13.3. The molecule has 0 spiro atoms. The van der Waals surface area contributed by atoms with Crippen LogP contribution in [0.1, 0.15) is 186 Å². The van der Waals surface area contributed by atoms with Crippen molar-refractivity contribution in [3.05, 3.63) is 0 Å². The van der Waals surface area contributed by atoms with Crippen molar-refractivity contribution in [3.63, 3.8) is 0 Å². The molecule has 18 atom stereocenters. The number of carbonyl (C=O) groups excluding carboxylic acids is 8. The lowest BCUT2D eigenvalue weighted by molar-refractivity contribution is -0.172. The van der Waals surface area contributed by atoms with Crippen LogP contribution >= 0.6 is 0 Å². The van der Waals surface area contributed by atoms with Crippen molar-refractivity contribution >= 4 is 47.8 Å². The highest BCUT2D eigenvalue weighted by atomic mass is 16.7. The molecule has 20 heteroatoms. The Kier molecular flexibility index (Phi) is 27.7. The molecule has 8 fully saturated rings. The van der Waals surface area contributed by atoms with Crippen molar-refractivity contribution in [1.29, 1.82) is 0 Å². The molecule has 0 amide bonds. The first kappa shape index (κ1) is 70.4. The summed E-state index contributed by atoms with van der Waals surface area (Å²) in [6.45, 7) is 24.0. The van der Waals surface area contributed by atoms with E-state index >= 15 is 0 Å². The Morgan fingerprint density at radius 2 is 0.643 bits per heavy atom. The maximum absolute atomic E-state index is 12.3. The molecule has 8 aliphatic carbocycles. The van der Waals surface area contributed by atoms with Crippen LogP contribution in [0.5, 0.6) is 0 Å². The lowest BCUT2D eigenvalue weighted by Crippen LogP contribution is -2.37. The van der Waals surface area contributed by atoms with Crippen LogP contribution in [0.4, 0.5) is 0 Å². The first-order valence-electron chi connectivity index (χ1n) is 31.5. The summed E-state index contributed by atoms with van der Waals surface area (Å²) < 4.78 is 62.7. The van der Waals surface area contributed by atoms with E-state index in [1.54, 1.807) is 0 Å². The van der Waals surface area contributed by atoms with Gasteiger partial charge in [-0.25, -0.2) is 0 Å². The molecular weight excluding hydrogens is 1090 g/mol. The van der Waals surface area contributed by atoms with Crippen LogP contribution in [0, 0.1) is 93.7 Å². The second-order valence-corrected chi connectivity index (χ2v) is 26.2. The standard InChI is InChI=1S/C17H28O5.2C16H26O5.C15H24O5/c1-5-17(3,4)16(19)22-14-9-11-7-12(14)13(8-11)15(18)21-10-20-6-2;1-5-16(2,3)15(18)21-13-8-10-6-11(13)12(7-10)14(17)20-9-19-4;1-4-10(3)15(17)21-14-8-11-6-12(14)13(7-11)16(18)20-9-19-5-2;1-4-9(2)14(16)20-13-7-10-5-11(13)12(6-10)15(17)19-8-18-3/h11-14H,5-10H2,1-4H3;10-13H,5-9H2,1-4H3;10-14H,4-9H2,1-3H3;9-13H,4-8H2,1-3H3. The fourth-order valence-corrected chi connectivity index (χ4v) is 13.5. The maximum Gasteiger partial charge on any atom is 0.311 e. The van der Waals surface area contributed by atoms with E-state index < -0.39 is 10.8 Å². The van der Waals surface area contributed by atoms with Crippen molar-refractivity contribution in [1.82, 2.24) is 0 Å². The van der Waals surface area contributed by atoms with Gasteiger partial charge in [-0.3, -0.25) is 38.4 Å². The number of rotatable bonds is 26. The topological polar surface area (TPSA) is 247 Å². The summed E-state index contributed by atoms with van der Waals surface area (Å²) in [5.41, 5.74) is -0.930. The Bertz CT molecular complexity index is 2160. The zero-order valence-electron chi connectivity index (χ0n) is 53.1. The van der Waals surface area contributed by atoms with Crippen molar-refractivity contribution < 1.29 is 95.2 Å². The van der Waals surface area contributed by atoms with Crippen LogP contribution in [0.25, 0.3) is 0 Å². The molecule has 0 N–H and O–H groups in total. The molecule has 84 heavy (non-hydrogen) atoms. The SMILES string of the molecule is CCC(C)(C)C(=O)OC1CC2CC(C(=O)OCOC)C1C2.CCC(C)C(=O)OC1CC2CC(C(=O)OCOC)C1C2.CCOCOC(=O)C1CC2CC(OC(=O)C(C)(C)CC)C1C2.CCOCOC(=O)C1CC2CC(OC(=O)C(C)CC)C1C2. The van der Waals surface area contributed by atoms with E-state index in [9.17, 15) is 38.4 Å². The van der Waals surface area contributed by atoms with Gasteiger partial charge >= 0.3 is 47.8 Å².